The zero-order valence-electron chi connectivity index (χ0n) is 14.1. The summed E-state index contributed by atoms with van der Waals surface area (Å²) in [5.74, 6) is -0.145. The standard InChI is InChI=1S/C16H25N3O4S.ClH/c17-9-10-18-24(21,22)15-6-3-4-13(12-15)19-16(20)8-7-14-5-1-2-11-23-14;/h3-4,6,12,14,18H,1-2,5,7-11,17H2,(H,19,20);1H. The van der Waals surface area contributed by atoms with Crippen LogP contribution in [0.3, 0.4) is 0 Å². The third-order valence-corrected chi connectivity index (χ3v) is 5.29. The van der Waals surface area contributed by atoms with Gasteiger partial charge in [-0.1, -0.05) is 6.07 Å². The van der Waals surface area contributed by atoms with E-state index in [9.17, 15) is 13.2 Å². The van der Waals surface area contributed by atoms with Crippen LogP contribution in [0.5, 0.6) is 0 Å². The number of halogens is 1. The minimum Gasteiger partial charge on any atom is -0.378 e. The molecular formula is C16H26ClN3O4S. The van der Waals surface area contributed by atoms with Gasteiger partial charge in [-0.25, -0.2) is 13.1 Å². The molecule has 1 aromatic carbocycles. The Kier molecular flexibility index (Phi) is 9.37. The van der Waals surface area contributed by atoms with Crippen molar-refractivity contribution in [1.29, 1.82) is 0 Å². The maximum atomic E-state index is 12.1. The van der Waals surface area contributed by atoms with E-state index in [1.54, 1.807) is 12.1 Å². The number of nitrogens with two attached hydrogens (primary N) is 1. The second-order valence-electron chi connectivity index (χ2n) is 5.79. The van der Waals surface area contributed by atoms with Crippen molar-refractivity contribution in [2.45, 2.75) is 43.1 Å². The highest BCUT2D eigenvalue weighted by Gasteiger charge is 2.16. The summed E-state index contributed by atoms with van der Waals surface area (Å²) in [6.45, 7) is 1.15. The lowest BCUT2D eigenvalue weighted by Crippen LogP contribution is -2.29. The molecule has 0 spiro atoms. The molecule has 0 bridgehead atoms. The predicted octanol–water partition coefficient (Wildman–Crippen LogP) is 1.63. The van der Waals surface area contributed by atoms with Gasteiger partial charge in [0.25, 0.3) is 0 Å². The Morgan fingerprint density at radius 2 is 2.12 bits per heavy atom. The van der Waals surface area contributed by atoms with Gasteiger partial charge in [-0.3, -0.25) is 4.79 Å². The molecule has 1 heterocycles. The van der Waals surface area contributed by atoms with Crippen LogP contribution < -0.4 is 15.8 Å². The number of rotatable bonds is 8. The molecule has 9 heteroatoms. The first-order valence-corrected chi connectivity index (χ1v) is 9.71. The van der Waals surface area contributed by atoms with Crippen molar-refractivity contribution in [3.8, 4) is 0 Å². The van der Waals surface area contributed by atoms with E-state index in [-0.39, 0.29) is 42.4 Å². The highest BCUT2D eigenvalue weighted by atomic mass is 35.5. The third-order valence-electron chi connectivity index (χ3n) is 3.83. The molecule has 0 aliphatic carbocycles. The molecular weight excluding hydrogens is 366 g/mol. The van der Waals surface area contributed by atoms with Crippen LogP contribution in [0.2, 0.25) is 0 Å². The van der Waals surface area contributed by atoms with E-state index in [1.165, 1.54) is 12.1 Å². The first-order chi connectivity index (χ1) is 11.5. The molecule has 2 rings (SSSR count). The molecule has 1 aromatic rings. The van der Waals surface area contributed by atoms with E-state index < -0.39 is 10.0 Å². The second kappa shape index (κ2) is 10.7. The van der Waals surface area contributed by atoms with Crippen LogP contribution in [-0.4, -0.2) is 40.1 Å². The van der Waals surface area contributed by atoms with E-state index >= 15 is 0 Å². The summed E-state index contributed by atoms with van der Waals surface area (Å²) in [4.78, 5) is 12.1. The molecule has 4 N–H and O–H groups in total. The first kappa shape index (κ1) is 21.9. The fraction of sp³-hybridized carbons (Fsp3) is 0.562. The number of hydrogen-bond donors (Lipinski definition) is 3. The molecule has 25 heavy (non-hydrogen) atoms. The molecule has 1 amide bonds. The molecule has 7 nitrogen and oxygen atoms in total. The van der Waals surface area contributed by atoms with Crippen molar-refractivity contribution in [1.82, 2.24) is 4.72 Å². The maximum Gasteiger partial charge on any atom is 0.240 e. The molecule has 1 aliphatic heterocycles. The van der Waals surface area contributed by atoms with Crippen molar-refractivity contribution in [2.75, 3.05) is 25.0 Å². The van der Waals surface area contributed by atoms with Gasteiger partial charge in [-0.05, 0) is 43.9 Å². The molecule has 1 atom stereocenters. The number of benzene rings is 1. The van der Waals surface area contributed by atoms with Crippen molar-refractivity contribution < 1.29 is 17.9 Å². The summed E-state index contributed by atoms with van der Waals surface area (Å²) in [5, 5.41) is 2.74. The number of sulfonamides is 1. The monoisotopic (exact) mass is 391 g/mol. The van der Waals surface area contributed by atoms with Gasteiger partial charge in [0, 0.05) is 31.8 Å². The Morgan fingerprint density at radius 1 is 1.32 bits per heavy atom. The molecule has 1 saturated heterocycles. The van der Waals surface area contributed by atoms with Crippen molar-refractivity contribution >= 4 is 34.0 Å². The van der Waals surface area contributed by atoms with Crippen LogP contribution in [0.25, 0.3) is 0 Å². The van der Waals surface area contributed by atoms with Gasteiger partial charge in [0.05, 0.1) is 11.0 Å². The molecule has 0 aromatic heterocycles. The van der Waals surface area contributed by atoms with E-state index in [0.29, 0.717) is 18.5 Å². The van der Waals surface area contributed by atoms with Crippen molar-refractivity contribution in [2.24, 2.45) is 5.73 Å². The fourth-order valence-electron chi connectivity index (χ4n) is 2.57. The van der Waals surface area contributed by atoms with Crippen LogP contribution in [0, 0.1) is 0 Å². The van der Waals surface area contributed by atoms with Crippen molar-refractivity contribution in [3.05, 3.63) is 24.3 Å². The zero-order chi connectivity index (χ0) is 17.4. The van der Waals surface area contributed by atoms with E-state index in [1.807, 2.05) is 0 Å². The second-order valence-corrected chi connectivity index (χ2v) is 7.56. The fourth-order valence-corrected chi connectivity index (χ4v) is 3.66. The first-order valence-electron chi connectivity index (χ1n) is 8.22. The van der Waals surface area contributed by atoms with Crippen LogP contribution in [-0.2, 0) is 19.6 Å². The lowest BCUT2D eigenvalue weighted by molar-refractivity contribution is -0.117. The molecule has 0 saturated carbocycles. The number of carbonyl (C=O) groups excluding carboxylic acids is 1. The van der Waals surface area contributed by atoms with Gasteiger partial charge < -0.3 is 15.8 Å². The van der Waals surface area contributed by atoms with E-state index in [0.717, 1.165) is 25.9 Å². The van der Waals surface area contributed by atoms with Crippen LogP contribution in [0.1, 0.15) is 32.1 Å². The number of carbonyl (C=O) groups is 1. The summed E-state index contributed by atoms with van der Waals surface area (Å²) in [7, 11) is -3.61. The Hall–Kier alpha value is -1.19. The number of anilines is 1. The Labute approximate surface area is 155 Å². The Morgan fingerprint density at radius 3 is 2.80 bits per heavy atom. The van der Waals surface area contributed by atoms with Crippen LogP contribution in [0.15, 0.2) is 29.2 Å². The quantitative estimate of drug-likeness (QED) is 0.623. The largest absolute Gasteiger partial charge is 0.378 e. The lowest BCUT2D eigenvalue weighted by atomic mass is 10.0. The Balaban J connectivity index is 0.00000312. The van der Waals surface area contributed by atoms with Gasteiger partial charge in [0.15, 0.2) is 0 Å². The average molecular weight is 392 g/mol. The number of nitrogens with one attached hydrogen (secondary N) is 2. The lowest BCUT2D eigenvalue weighted by Gasteiger charge is -2.22. The SMILES string of the molecule is Cl.NCCNS(=O)(=O)c1cccc(NC(=O)CCC2CCCCO2)c1. The van der Waals surface area contributed by atoms with E-state index in [2.05, 4.69) is 10.0 Å². The topological polar surface area (TPSA) is 111 Å². The highest BCUT2D eigenvalue weighted by molar-refractivity contribution is 7.89. The third kappa shape index (κ3) is 7.29. The summed E-state index contributed by atoms with van der Waals surface area (Å²) < 4.78 is 32.1. The van der Waals surface area contributed by atoms with Gasteiger partial charge in [-0.15, -0.1) is 12.4 Å². The minimum absolute atomic E-state index is 0. The van der Waals surface area contributed by atoms with Gasteiger partial charge in [0.1, 0.15) is 0 Å². The minimum atomic E-state index is -3.61. The van der Waals surface area contributed by atoms with Crippen LogP contribution >= 0.6 is 12.4 Å². The molecule has 1 fully saturated rings. The molecule has 1 aliphatic rings. The van der Waals surface area contributed by atoms with Crippen LogP contribution in [0.4, 0.5) is 5.69 Å². The molecule has 142 valence electrons. The summed E-state index contributed by atoms with van der Waals surface area (Å²) in [6.07, 6.45) is 4.41. The number of ether oxygens (including phenoxy) is 1. The summed E-state index contributed by atoms with van der Waals surface area (Å²) in [5.41, 5.74) is 5.77. The summed E-state index contributed by atoms with van der Waals surface area (Å²) in [6, 6.07) is 6.17. The number of amides is 1. The summed E-state index contributed by atoms with van der Waals surface area (Å²) >= 11 is 0. The predicted molar refractivity (Wildman–Crippen MR) is 99.4 cm³/mol. The smallest absolute Gasteiger partial charge is 0.240 e. The highest BCUT2D eigenvalue weighted by Crippen LogP contribution is 2.18. The van der Waals surface area contributed by atoms with E-state index in [4.69, 9.17) is 10.5 Å². The van der Waals surface area contributed by atoms with Crippen molar-refractivity contribution in [3.63, 3.8) is 0 Å². The number of hydrogen-bond acceptors (Lipinski definition) is 5. The molecule has 0 radical (unpaired) electrons. The van der Waals surface area contributed by atoms with Gasteiger partial charge in [-0.2, -0.15) is 0 Å². The Bertz CT molecular complexity index is 649. The molecule has 1 unspecified atom stereocenters. The maximum absolute atomic E-state index is 12.1. The van der Waals surface area contributed by atoms with Gasteiger partial charge >= 0.3 is 0 Å². The van der Waals surface area contributed by atoms with Gasteiger partial charge in [0.2, 0.25) is 15.9 Å². The normalized spacial score (nSPS) is 17.6. The zero-order valence-corrected chi connectivity index (χ0v) is 15.7. The average Bonchev–Trinajstić information content (AvgIpc) is 2.59.